The molecule has 1 aromatic carbocycles. The van der Waals surface area contributed by atoms with Crippen molar-refractivity contribution in [1.82, 2.24) is 10.2 Å². The number of nitrogens with zero attached hydrogens (tertiary/aromatic N) is 1. The molecule has 0 aliphatic heterocycles. The molecule has 10 nitrogen and oxygen atoms in total. The fourth-order valence-electron chi connectivity index (χ4n) is 9.58. The van der Waals surface area contributed by atoms with Gasteiger partial charge in [0, 0.05) is 29.6 Å². The van der Waals surface area contributed by atoms with Gasteiger partial charge in [-0.15, -0.1) is 0 Å². The summed E-state index contributed by atoms with van der Waals surface area (Å²) in [5.41, 5.74) is 2.62. The highest BCUT2D eigenvalue weighted by Gasteiger charge is 2.69. The van der Waals surface area contributed by atoms with Gasteiger partial charge in [-0.2, -0.15) is 0 Å². The first-order valence-electron chi connectivity index (χ1n) is 15.1. The lowest BCUT2D eigenvalue weighted by atomic mass is 9.52. The first-order valence-corrected chi connectivity index (χ1v) is 15.1. The number of nitrogens with two attached hydrogens (primary N) is 1. The van der Waals surface area contributed by atoms with Crippen LogP contribution in [0.5, 0.6) is 5.75 Å². The van der Waals surface area contributed by atoms with Crippen LogP contribution < -0.4 is 11.1 Å². The standard InChI is InChI=1S/C32H40FN3O7/c1-30(2)15-6-7-31(30,3)19(11-15)35-12-14-10-18(37)21-16(23(14)33)8-13-9-17-24(36(4)5)26(39)22(29(34)42)28(41)32(17,43)27(40)20(13)25(21)38/h10,13,15,17,19-20,22,24,35,37,43H,6-9,11-12H2,1-5H3,(H2,34,42)/t13-,15?,17-,19-,20?,22?,24-,31?,32-/m0/s1. The number of nitrogens with one attached hydrogen (secondary N) is 1. The number of amides is 1. The number of ketones is 4. The summed E-state index contributed by atoms with van der Waals surface area (Å²) in [5.74, 6) is -11.7. The quantitative estimate of drug-likeness (QED) is 0.366. The Labute approximate surface area is 249 Å². The van der Waals surface area contributed by atoms with Gasteiger partial charge in [0.05, 0.1) is 17.5 Å². The van der Waals surface area contributed by atoms with Crippen LogP contribution >= 0.6 is 0 Å². The largest absolute Gasteiger partial charge is 0.507 e. The maximum atomic E-state index is 16.1. The van der Waals surface area contributed by atoms with Gasteiger partial charge in [0.2, 0.25) is 5.91 Å². The number of hydrogen-bond acceptors (Lipinski definition) is 9. The van der Waals surface area contributed by atoms with Gasteiger partial charge in [-0.05, 0) is 74.9 Å². The number of Topliss-reactive ketones (excluding diaryl/α,β-unsaturated/α-hetero) is 4. The van der Waals surface area contributed by atoms with Crippen molar-refractivity contribution in [3.05, 3.63) is 28.6 Å². The first-order chi connectivity index (χ1) is 20.0. The Kier molecular flexibility index (Phi) is 6.63. The minimum absolute atomic E-state index is 0.00866. The second-order valence-corrected chi connectivity index (χ2v) is 14.6. The number of likely N-dealkylation sites (N-methyl/N-ethyl adjacent to an activating group) is 1. The van der Waals surface area contributed by atoms with Gasteiger partial charge in [-0.3, -0.25) is 28.9 Å². The zero-order valence-electron chi connectivity index (χ0n) is 25.2. The summed E-state index contributed by atoms with van der Waals surface area (Å²) in [6.45, 7) is 6.99. The molecule has 0 saturated heterocycles. The highest BCUT2D eigenvalue weighted by molar-refractivity contribution is 6.32. The zero-order chi connectivity index (χ0) is 31.5. The van der Waals surface area contributed by atoms with Crippen LogP contribution in [0.15, 0.2) is 6.07 Å². The van der Waals surface area contributed by atoms with E-state index in [2.05, 4.69) is 26.1 Å². The number of benzene rings is 1. The molecule has 5 aliphatic rings. The second-order valence-electron chi connectivity index (χ2n) is 14.6. The number of primary amides is 1. The average Bonchev–Trinajstić information content (AvgIpc) is 3.25. The van der Waals surface area contributed by atoms with Gasteiger partial charge in [-0.1, -0.05) is 20.8 Å². The summed E-state index contributed by atoms with van der Waals surface area (Å²) in [6.07, 6.45) is 3.01. The maximum Gasteiger partial charge on any atom is 0.235 e. The average molecular weight is 598 g/mol. The molecule has 5 N–H and O–H groups in total. The summed E-state index contributed by atoms with van der Waals surface area (Å²) in [4.78, 5) is 67.8. The minimum Gasteiger partial charge on any atom is -0.507 e. The number of phenols is 1. The van der Waals surface area contributed by atoms with E-state index in [0.717, 1.165) is 12.8 Å². The molecule has 11 heteroatoms. The van der Waals surface area contributed by atoms with Gasteiger partial charge >= 0.3 is 0 Å². The number of aromatic hydroxyl groups is 1. The van der Waals surface area contributed by atoms with E-state index in [0.29, 0.717) is 5.92 Å². The van der Waals surface area contributed by atoms with Crippen molar-refractivity contribution in [2.45, 2.75) is 77.1 Å². The van der Waals surface area contributed by atoms with Gasteiger partial charge in [0.25, 0.3) is 0 Å². The summed E-state index contributed by atoms with van der Waals surface area (Å²) >= 11 is 0. The fourth-order valence-corrected chi connectivity index (χ4v) is 9.58. The SMILES string of the molecule is CN(C)[C@@H]1C(=O)C(C(N)=O)C(=O)[C@@]2(O)C(=O)C3C(=O)c4c(O)cc(CN[C@H]5CC6CCC5(C)C6(C)C)c(F)c4C[C@H]3C[C@@H]12. The number of hydrogen-bond donors (Lipinski definition) is 4. The van der Waals surface area contributed by atoms with Gasteiger partial charge in [0.1, 0.15) is 11.6 Å². The van der Waals surface area contributed by atoms with E-state index >= 15 is 4.39 Å². The molecule has 4 fully saturated rings. The van der Waals surface area contributed by atoms with E-state index in [9.17, 15) is 34.2 Å². The predicted octanol–water partition coefficient (Wildman–Crippen LogP) is 1.31. The molecule has 1 amide bonds. The van der Waals surface area contributed by atoms with E-state index in [1.165, 1.54) is 31.5 Å². The van der Waals surface area contributed by atoms with Crippen LogP contribution in [0.25, 0.3) is 0 Å². The van der Waals surface area contributed by atoms with E-state index < -0.39 is 75.9 Å². The minimum atomic E-state index is -2.81. The number of carbonyl (C=O) groups is 5. The molecule has 4 saturated carbocycles. The van der Waals surface area contributed by atoms with E-state index in [4.69, 9.17) is 5.73 Å². The highest BCUT2D eigenvalue weighted by Crippen LogP contribution is 2.65. The van der Waals surface area contributed by atoms with Gasteiger partial charge in [-0.25, -0.2) is 4.39 Å². The first kappa shape index (κ1) is 30.0. The summed E-state index contributed by atoms with van der Waals surface area (Å²) in [6, 6.07) is 0.176. The molecule has 2 bridgehead atoms. The number of phenolic OH excluding ortho intramolecular Hbond substituents is 1. The lowest BCUT2D eigenvalue weighted by Crippen LogP contribution is -2.74. The smallest absolute Gasteiger partial charge is 0.235 e. The molecule has 0 heterocycles. The summed E-state index contributed by atoms with van der Waals surface area (Å²) in [5, 5.41) is 26.2. The molecule has 43 heavy (non-hydrogen) atoms. The molecule has 5 aliphatic carbocycles. The predicted molar refractivity (Wildman–Crippen MR) is 151 cm³/mol. The van der Waals surface area contributed by atoms with Gasteiger partial charge in [0.15, 0.2) is 34.7 Å². The number of aliphatic hydroxyl groups is 1. The molecule has 0 spiro atoms. The van der Waals surface area contributed by atoms with Crippen molar-refractivity contribution in [1.29, 1.82) is 0 Å². The Bertz CT molecular complexity index is 1490. The number of halogens is 1. The summed E-state index contributed by atoms with van der Waals surface area (Å²) < 4.78 is 16.1. The highest BCUT2D eigenvalue weighted by atomic mass is 19.1. The van der Waals surface area contributed by atoms with Crippen molar-refractivity contribution in [2.75, 3.05) is 14.1 Å². The third-order valence-electron chi connectivity index (χ3n) is 12.4. The lowest BCUT2D eigenvalue weighted by molar-refractivity contribution is -0.181. The van der Waals surface area contributed by atoms with E-state index in [-0.39, 0.29) is 52.9 Å². The molecule has 9 atom stereocenters. The van der Waals surface area contributed by atoms with E-state index in [1.54, 1.807) is 0 Å². The van der Waals surface area contributed by atoms with Crippen LogP contribution in [0.3, 0.4) is 0 Å². The molecule has 0 radical (unpaired) electrons. The van der Waals surface area contributed by atoms with Gasteiger partial charge < -0.3 is 21.3 Å². The summed E-state index contributed by atoms with van der Waals surface area (Å²) in [7, 11) is 3.03. The molecular formula is C32H40FN3O7. The number of carbonyl (C=O) groups excluding carboxylic acids is 5. The monoisotopic (exact) mass is 597 g/mol. The maximum absolute atomic E-state index is 16.1. The lowest BCUT2D eigenvalue weighted by Gasteiger charge is -2.52. The second kappa shape index (κ2) is 9.49. The van der Waals surface area contributed by atoms with Crippen molar-refractivity contribution in [3.63, 3.8) is 0 Å². The van der Waals surface area contributed by atoms with Crippen molar-refractivity contribution in [2.24, 2.45) is 46.2 Å². The third-order valence-corrected chi connectivity index (χ3v) is 12.4. The van der Waals surface area contributed by atoms with Crippen LogP contribution in [-0.2, 0) is 32.1 Å². The topological polar surface area (TPSA) is 167 Å². The third kappa shape index (κ3) is 3.77. The van der Waals surface area contributed by atoms with Crippen LogP contribution in [0, 0.1) is 46.2 Å². The van der Waals surface area contributed by atoms with Crippen molar-refractivity contribution >= 4 is 29.0 Å². The van der Waals surface area contributed by atoms with Crippen LogP contribution in [0.2, 0.25) is 0 Å². The van der Waals surface area contributed by atoms with Crippen LogP contribution in [0.1, 0.15) is 67.9 Å². The molecular weight excluding hydrogens is 557 g/mol. The Morgan fingerprint density at radius 1 is 1.14 bits per heavy atom. The molecule has 6 rings (SSSR count). The van der Waals surface area contributed by atoms with Crippen molar-refractivity contribution < 1.29 is 38.6 Å². The number of rotatable bonds is 5. The Balaban J connectivity index is 1.34. The van der Waals surface area contributed by atoms with Crippen molar-refractivity contribution in [3.8, 4) is 5.75 Å². The van der Waals surface area contributed by atoms with Crippen LogP contribution in [-0.4, -0.2) is 75.9 Å². The molecule has 4 unspecified atom stereocenters. The molecule has 232 valence electrons. The van der Waals surface area contributed by atoms with E-state index in [1.807, 2.05) is 0 Å². The fraction of sp³-hybridized carbons (Fsp3) is 0.656. The zero-order valence-corrected chi connectivity index (χ0v) is 25.2. The Morgan fingerprint density at radius 2 is 1.81 bits per heavy atom. The van der Waals surface area contributed by atoms with Crippen LogP contribution in [0.4, 0.5) is 4.39 Å². The molecule has 1 aromatic rings. The Hall–Kier alpha value is -3.02. The normalized spacial score (nSPS) is 39.6. The number of fused-ring (bicyclic) bond motifs is 5. The Morgan fingerprint density at radius 3 is 2.37 bits per heavy atom. The molecule has 0 aromatic heterocycles.